The molecule has 0 saturated heterocycles. The third kappa shape index (κ3) is 5.64. The molecule has 4 rings (SSSR count). The number of amides is 1. The number of Topliss-reactive ketones (excluding diaryl/α,β-unsaturated/α-hetero) is 1. The van der Waals surface area contributed by atoms with Crippen LogP contribution in [0.15, 0.2) is 35.7 Å². The summed E-state index contributed by atoms with van der Waals surface area (Å²) in [5.41, 5.74) is 1.83. The molecule has 0 spiro atoms. The molecule has 200 valence electrons. The molecule has 1 aromatic rings. The highest BCUT2D eigenvalue weighted by Crippen LogP contribution is 2.47. The van der Waals surface area contributed by atoms with Crippen molar-refractivity contribution in [2.45, 2.75) is 85.6 Å². The lowest BCUT2D eigenvalue weighted by atomic mass is 9.74. The van der Waals surface area contributed by atoms with Gasteiger partial charge in [0.05, 0.1) is 7.11 Å². The summed E-state index contributed by atoms with van der Waals surface area (Å²) in [6.45, 7) is 10.9. The number of aliphatic hydroxyl groups excluding tert-OH is 1. The van der Waals surface area contributed by atoms with E-state index in [1.165, 1.54) is 0 Å². The average Bonchev–Trinajstić information content (AvgIpc) is 3.49. The number of aliphatic hydroxyl groups is 1. The number of ketones is 1. The lowest BCUT2D eigenvalue weighted by Crippen LogP contribution is -2.48. The Kier molecular flexibility index (Phi) is 9.62. The Morgan fingerprint density at radius 2 is 1.78 bits per heavy atom. The number of methoxy groups -OCH3 is 1. The van der Waals surface area contributed by atoms with Crippen LogP contribution in [0.4, 0.5) is 0 Å². The van der Waals surface area contributed by atoms with Gasteiger partial charge in [-0.05, 0) is 61.1 Å². The van der Waals surface area contributed by atoms with E-state index in [-0.39, 0.29) is 35.7 Å². The molecule has 0 radical (unpaired) electrons. The molecule has 1 aromatic carbocycles. The number of hydrogen-bond acceptors (Lipinski definition) is 5. The molecule has 6 heteroatoms. The quantitative estimate of drug-likeness (QED) is 0.463. The summed E-state index contributed by atoms with van der Waals surface area (Å²) < 4.78 is 5.32. The molecular weight excluding hydrogens is 452 g/mol. The lowest BCUT2D eigenvalue weighted by Gasteiger charge is -2.34. The standard InChI is InChI=1S/C28H40N2O4.C2H6/c1-5-21-25(32)24-22(14-19-8-10-20(34-4)11-9-19)23(15-28(17-31)12-6-7-13-28)29-26(24)30(27(21)33)16-18(2)3;1-2/h8-11,18,21-23,29,31H,5-7,12-17H2,1-4H3;1-2H3. The monoisotopic (exact) mass is 498 g/mol. The number of hydrogen-bond donors (Lipinski definition) is 2. The van der Waals surface area contributed by atoms with Crippen molar-refractivity contribution in [1.82, 2.24) is 10.2 Å². The van der Waals surface area contributed by atoms with Gasteiger partial charge in [0, 0.05) is 30.7 Å². The topological polar surface area (TPSA) is 78.9 Å². The normalized spacial score (nSPS) is 25.0. The third-order valence-corrected chi connectivity index (χ3v) is 8.07. The highest BCUT2D eigenvalue weighted by molar-refractivity contribution is 6.13. The van der Waals surface area contributed by atoms with E-state index < -0.39 is 5.92 Å². The predicted octanol–water partition coefficient (Wildman–Crippen LogP) is 5.10. The maximum atomic E-state index is 13.7. The van der Waals surface area contributed by atoms with E-state index in [0.29, 0.717) is 25.3 Å². The van der Waals surface area contributed by atoms with Gasteiger partial charge in [0.15, 0.2) is 5.78 Å². The van der Waals surface area contributed by atoms with Gasteiger partial charge in [0.25, 0.3) is 0 Å². The van der Waals surface area contributed by atoms with Crippen molar-refractivity contribution < 1.29 is 19.4 Å². The van der Waals surface area contributed by atoms with Gasteiger partial charge in [-0.1, -0.05) is 59.6 Å². The molecule has 1 fully saturated rings. The van der Waals surface area contributed by atoms with Crippen LogP contribution in [0.5, 0.6) is 5.75 Å². The third-order valence-electron chi connectivity index (χ3n) is 8.07. The Bertz CT molecular complexity index is 931. The molecule has 6 nitrogen and oxygen atoms in total. The van der Waals surface area contributed by atoms with Crippen molar-refractivity contribution in [2.75, 3.05) is 20.3 Å². The number of carbonyl (C=O) groups excluding carboxylic acids is 2. The van der Waals surface area contributed by atoms with E-state index in [1.54, 1.807) is 7.11 Å². The lowest BCUT2D eigenvalue weighted by molar-refractivity contribution is -0.141. The van der Waals surface area contributed by atoms with E-state index in [1.807, 2.05) is 37.8 Å². The summed E-state index contributed by atoms with van der Waals surface area (Å²) in [7, 11) is 1.66. The van der Waals surface area contributed by atoms with Gasteiger partial charge >= 0.3 is 0 Å². The zero-order valence-electron chi connectivity index (χ0n) is 23.1. The summed E-state index contributed by atoms with van der Waals surface area (Å²) in [6, 6.07) is 8.06. The fourth-order valence-corrected chi connectivity index (χ4v) is 6.23. The zero-order valence-corrected chi connectivity index (χ0v) is 23.1. The maximum absolute atomic E-state index is 13.7. The largest absolute Gasteiger partial charge is 0.497 e. The van der Waals surface area contributed by atoms with Crippen LogP contribution in [0.3, 0.4) is 0 Å². The minimum absolute atomic E-state index is 0.0133. The fraction of sp³-hybridized carbons (Fsp3) is 0.667. The van der Waals surface area contributed by atoms with E-state index in [2.05, 4.69) is 31.3 Å². The van der Waals surface area contributed by atoms with Gasteiger partial charge in [-0.25, -0.2) is 0 Å². The van der Waals surface area contributed by atoms with E-state index in [9.17, 15) is 14.7 Å². The van der Waals surface area contributed by atoms with Crippen LogP contribution in [0.1, 0.15) is 78.7 Å². The van der Waals surface area contributed by atoms with Crippen molar-refractivity contribution in [3.63, 3.8) is 0 Å². The first-order valence-corrected chi connectivity index (χ1v) is 13.9. The Labute approximate surface area is 217 Å². The summed E-state index contributed by atoms with van der Waals surface area (Å²) in [6.07, 6.45) is 6.35. The molecule has 3 atom stereocenters. The van der Waals surface area contributed by atoms with Crippen molar-refractivity contribution >= 4 is 11.7 Å². The molecule has 1 amide bonds. The summed E-state index contributed by atoms with van der Waals surface area (Å²) in [4.78, 5) is 28.9. The highest BCUT2D eigenvalue weighted by Gasteiger charge is 2.50. The van der Waals surface area contributed by atoms with Crippen molar-refractivity contribution in [3.05, 3.63) is 41.2 Å². The SMILES string of the molecule is CC.CCC1C(=O)C2=C(NC(CC3(CO)CCCC3)C2Cc2ccc(OC)cc2)N(CC(C)C)C1=O. The number of nitrogens with zero attached hydrogens (tertiary/aromatic N) is 1. The Hall–Kier alpha value is -2.34. The molecule has 2 heterocycles. The summed E-state index contributed by atoms with van der Waals surface area (Å²) in [5, 5.41) is 14.0. The van der Waals surface area contributed by atoms with Gasteiger partial charge in [-0.15, -0.1) is 0 Å². The van der Waals surface area contributed by atoms with Gasteiger partial charge in [-0.2, -0.15) is 0 Å². The predicted molar refractivity (Wildman–Crippen MR) is 143 cm³/mol. The van der Waals surface area contributed by atoms with Crippen LogP contribution >= 0.6 is 0 Å². The molecule has 36 heavy (non-hydrogen) atoms. The van der Waals surface area contributed by atoms with E-state index >= 15 is 0 Å². The number of rotatable bonds is 9. The Balaban J connectivity index is 0.00000176. The van der Waals surface area contributed by atoms with Gasteiger partial charge in [-0.3, -0.25) is 14.5 Å². The van der Waals surface area contributed by atoms with Crippen LogP contribution in [0.25, 0.3) is 0 Å². The first kappa shape index (κ1) is 28.2. The van der Waals surface area contributed by atoms with Crippen LogP contribution < -0.4 is 10.1 Å². The molecule has 3 aliphatic rings. The Morgan fingerprint density at radius 1 is 1.14 bits per heavy atom. The van der Waals surface area contributed by atoms with E-state index in [4.69, 9.17) is 4.74 Å². The van der Waals surface area contributed by atoms with Crippen LogP contribution in [0, 0.1) is 23.2 Å². The average molecular weight is 499 g/mol. The molecule has 2 aliphatic heterocycles. The molecule has 1 saturated carbocycles. The van der Waals surface area contributed by atoms with E-state index in [0.717, 1.165) is 54.8 Å². The first-order valence-electron chi connectivity index (χ1n) is 13.9. The van der Waals surface area contributed by atoms with Crippen molar-refractivity contribution in [3.8, 4) is 5.75 Å². The molecule has 1 aliphatic carbocycles. The minimum atomic E-state index is -0.602. The molecule has 0 bridgehead atoms. The van der Waals surface area contributed by atoms with Gasteiger partial charge in [0.1, 0.15) is 17.5 Å². The van der Waals surface area contributed by atoms with Crippen LogP contribution in [-0.2, 0) is 16.0 Å². The molecule has 2 N–H and O–H groups in total. The van der Waals surface area contributed by atoms with Crippen molar-refractivity contribution in [1.29, 1.82) is 0 Å². The number of carbonyl (C=O) groups is 2. The number of ether oxygens (including phenoxy) is 1. The second-order valence-electron chi connectivity index (χ2n) is 10.9. The molecular formula is C30H46N2O4. The minimum Gasteiger partial charge on any atom is -0.497 e. The molecule has 3 unspecified atom stereocenters. The Morgan fingerprint density at radius 3 is 2.31 bits per heavy atom. The van der Waals surface area contributed by atoms with Crippen LogP contribution in [0.2, 0.25) is 0 Å². The smallest absolute Gasteiger partial charge is 0.239 e. The number of nitrogens with one attached hydrogen (secondary N) is 1. The van der Waals surface area contributed by atoms with Gasteiger partial charge < -0.3 is 15.2 Å². The summed E-state index contributed by atoms with van der Waals surface area (Å²) >= 11 is 0. The fourth-order valence-electron chi connectivity index (χ4n) is 6.23. The second-order valence-corrected chi connectivity index (χ2v) is 10.9. The molecule has 0 aromatic heterocycles. The van der Waals surface area contributed by atoms with Gasteiger partial charge in [0.2, 0.25) is 5.91 Å². The van der Waals surface area contributed by atoms with Crippen molar-refractivity contribution in [2.24, 2.45) is 23.2 Å². The maximum Gasteiger partial charge on any atom is 0.239 e. The number of benzene rings is 1. The highest BCUT2D eigenvalue weighted by atomic mass is 16.5. The second kappa shape index (κ2) is 12.3. The van der Waals surface area contributed by atoms with Crippen LogP contribution in [-0.4, -0.2) is 48.0 Å². The zero-order chi connectivity index (χ0) is 26.5. The summed E-state index contributed by atoms with van der Waals surface area (Å²) in [5.74, 6) is 1.11. The first-order chi connectivity index (χ1) is 17.3.